The molecule has 0 aromatic heterocycles. The molecule has 0 aliphatic rings. The van der Waals surface area contributed by atoms with Crippen LogP contribution in [0.2, 0.25) is 0 Å². The average molecular weight is 723 g/mol. The van der Waals surface area contributed by atoms with E-state index in [2.05, 4.69) is 30.6 Å². The zero-order valence-electron chi connectivity index (χ0n) is 34.9. The highest BCUT2D eigenvalue weighted by Gasteiger charge is 2.13. The molecule has 0 bridgehead atoms. The smallest absolute Gasteiger partial charge is 0.305 e. The van der Waals surface area contributed by atoms with Crippen molar-refractivity contribution in [3.8, 4) is 0 Å². The number of aliphatic hydroxyl groups is 1. The molecule has 6 heteroatoms. The zero-order chi connectivity index (χ0) is 37.3. The lowest BCUT2D eigenvalue weighted by molar-refractivity contribution is -0.144. The van der Waals surface area contributed by atoms with Gasteiger partial charge in [-0.1, -0.05) is 175 Å². The van der Waals surface area contributed by atoms with Crippen LogP contribution in [0.15, 0.2) is 0 Å². The number of carbonyl (C=O) groups is 2. The lowest BCUT2D eigenvalue weighted by atomic mass is 10.1. The van der Waals surface area contributed by atoms with Crippen LogP contribution >= 0.6 is 0 Å². The molecule has 0 aliphatic heterocycles. The van der Waals surface area contributed by atoms with Gasteiger partial charge in [0.1, 0.15) is 0 Å². The Morgan fingerprint density at radius 1 is 0.412 bits per heavy atom. The third-order valence-electron chi connectivity index (χ3n) is 10.6. The second-order valence-corrected chi connectivity index (χ2v) is 15.6. The minimum Gasteiger partial charge on any atom is -0.466 e. The van der Waals surface area contributed by atoms with Crippen LogP contribution in [0.5, 0.6) is 0 Å². The molecule has 0 aromatic carbocycles. The van der Waals surface area contributed by atoms with Crippen molar-refractivity contribution >= 4 is 11.9 Å². The van der Waals surface area contributed by atoms with Gasteiger partial charge in [-0.2, -0.15) is 0 Å². The summed E-state index contributed by atoms with van der Waals surface area (Å²) in [5.74, 6) is 0.336. The van der Waals surface area contributed by atoms with E-state index in [1.54, 1.807) is 0 Å². The number of nitrogens with zero attached hydrogens (tertiary/aromatic N) is 2. The molecule has 1 N–H and O–H groups in total. The molecule has 51 heavy (non-hydrogen) atoms. The van der Waals surface area contributed by atoms with Crippen molar-refractivity contribution in [2.75, 3.05) is 45.9 Å². The molecule has 0 saturated carbocycles. The average Bonchev–Trinajstić information content (AvgIpc) is 3.13. The van der Waals surface area contributed by atoms with Crippen molar-refractivity contribution in [1.82, 2.24) is 9.80 Å². The molecule has 0 unspecified atom stereocenters. The first-order valence-corrected chi connectivity index (χ1v) is 22.9. The van der Waals surface area contributed by atoms with Gasteiger partial charge in [0.2, 0.25) is 5.91 Å². The fourth-order valence-corrected chi connectivity index (χ4v) is 7.11. The lowest BCUT2D eigenvalue weighted by Gasteiger charge is -2.23. The van der Waals surface area contributed by atoms with Gasteiger partial charge in [-0.3, -0.25) is 9.59 Å². The van der Waals surface area contributed by atoms with Crippen molar-refractivity contribution in [2.24, 2.45) is 0 Å². The topological polar surface area (TPSA) is 70.1 Å². The molecule has 6 nitrogen and oxygen atoms in total. The van der Waals surface area contributed by atoms with Crippen molar-refractivity contribution in [3.63, 3.8) is 0 Å². The van der Waals surface area contributed by atoms with Gasteiger partial charge in [0.25, 0.3) is 0 Å². The summed E-state index contributed by atoms with van der Waals surface area (Å²) < 4.78 is 5.47. The van der Waals surface area contributed by atoms with Crippen molar-refractivity contribution in [2.45, 2.75) is 233 Å². The minimum atomic E-state index is -0.0423. The number of esters is 1. The van der Waals surface area contributed by atoms with Crippen LogP contribution in [0.25, 0.3) is 0 Å². The number of aliphatic hydroxyl groups excluding tert-OH is 1. The number of unbranched alkanes of at least 4 members (excludes halogenated alkanes) is 26. The predicted molar refractivity (Wildman–Crippen MR) is 220 cm³/mol. The summed E-state index contributed by atoms with van der Waals surface area (Å²) in [6, 6.07) is 0. The Kier molecular flexibility index (Phi) is 40.7. The van der Waals surface area contributed by atoms with E-state index in [4.69, 9.17) is 4.74 Å². The highest BCUT2D eigenvalue weighted by atomic mass is 16.5. The fourth-order valence-electron chi connectivity index (χ4n) is 7.11. The van der Waals surface area contributed by atoms with E-state index in [1.807, 2.05) is 0 Å². The monoisotopic (exact) mass is 723 g/mol. The highest BCUT2D eigenvalue weighted by molar-refractivity contribution is 5.76. The summed E-state index contributed by atoms with van der Waals surface area (Å²) in [5, 5.41) is 9.56. The van der Waals surface area contributed by atoms with Gasteiger partial charge in [0, 0.05) is 32.5 Å². The molecule has 1 amide bonds. The van der Waals surface area contributed by atoms with Gasteiger partial charge in [-0.05, 0) is 58.0 Å². The maximum absolute atomic E-state index is 13.1. The van der Waals surface area contributed by atoms with Gasteiger partial charge < -0.3 is 19.6 Å². The van der Waals surface area contributed by atoms with Crippen LogP contribution in [-0.2, 0) is 14.3 Å². The number of amides is 1. The molecule has 0 atom stereocenters. The predicted octanol–water partition coefficient (Wildman–Crippen LogP) is 12.6. The molecule has 0 aliphatic carbocycles. The van der Waals surface area contributed by atoms with Crippen LogP contribution in [0, 0.1) is 0 Å². The second kappa shape index (κ2) is 41.6. The Hall–Kier alpha value is -1.14. The van der Waals surface area contributed by atoms with E-state index in [1.165, 1.54) is 141 Å². The van der Waals surface area contributed by atoms with Gasteiger partial charge in [0.15, 0.2) is 0 Å². The summed E-state index contributed by atoms with van der Waals surface area (Å²) in [5.41, 5.74) is 0. The highest BCUT2D eigenvalue weighted by Crippen LogP contribution is 2.14. The molecule has 0 aromatic rings. The minimum absolute atomic E-state index is 0.0423. The van der Waals surface area contributed by atoms with E-state index in [-0.39, 0.29) is 12.6 Å². The van der Waals surface area contributed by atoms with Gasteiger partial charge in [-0.15, -0.1) is 0 Å². The summed E-state index contributed by atoms with van der Waals surface area (Å²) >= 11 is 0. The van der Waals surface area contributed by atoms with Crippen LogP contribution in [-0.4, -0.2) is 72.7 Å². The van der Waals surface area contributed by atoms with Crippen LogP contribution in [0.4, 0.5) is 0 Å². The number of rotatable bonds is 42. The third kappa shape index (κ3) is 37.0. The maximum atomic E-state index is 13.1. The SMILES string of the molecule is CCCCCCCCCCCCCOC(=O)CCCCCN(CCO)CCCCCCCC(=O)N(CCCCCCCC)CCCCCCCC. The normalized spacial score (nSPS) is 11.5. The third-order valence-corrected chi connectivity index (χ3v) is 10.6. The first kappa shape index (κ1) is 49.9. The Balaban J connectivity index is 3.95. The van der Waals surface area contributed by atoms with E-state index in [9.17, 15) is 14.7 Å². The molecule has 304 valence electrons. The van der Waals surface area contributed by atoms with Crippen molar-refractivity contribution < 1.29 is 19.4 Å². The van der Waals surface area contributed by atoms with Crippen molar-refractivity contribution in [1.29, 1.82) is 0 Å². The number of ether oxygens (including phenoxy) is 1. The van der Waals surface area contributed by atoms with Gasteiger partial charge in [-0.25, -0.2) is 0 Å². The molecule has 0 saturated heterocycles. The molecule has 0 spiro atoms. The fraction of sp³-hybridized carbons (Fsp3) is 0.956. The second-order valence-electron chi connectivity index (χ2n) is 15.6. The number of hydrogen-bond donors (Lipinski definition) is 1. The molecular weight excluding hydrogens is 633 g/mol. The quantitative estimate of drug-likeness (QED) is 0.0502. The Labute approximate surface area is 319 Å². The summed E-state index contributed by atoms with van der Waals surface area (Å²) in [7, 11) is 0. The largest absolute Gasteiger partial charge is 0.466 e. The zero-order valence-corrected chi connectivity index (χ0v) is 34.9. The molecule has 0 fully saturated rings. The number of hydrogen-bond acceptors (Lipinski definition) is 5. The maximum Gasteiger partial charge on any atom is 0.305 e. The molecule has 0 rings (SSSR count). The summed E-state index contributed by atoms with van der Waals surface area (Å²) in [6.07, 6.45) is 39.5. The van der Waals surface area contributed by atoms with Crippen LogP contribution in [0.1, 0.15) is 233 Å². The van der Waals surface area contributed by atoms with E-state index in [0.717, 1.165) is 90.5 Å². The van der Waals surface area contributed by atoms with Crippen LogP contribution < -0.4 is 0 Å². The Morgan fingerprint density at radius 3 is 1.22 bits per heavy atom. The van der Waals surface area contributed by atoms with Gasteiger partial charge >= 0.3 is 5.97 Å². The van der Waals surface area contributed by atoms with E-state index in [0.29, 0.717) is 25.4 Å². The molecule has 0 heterocycles. The van der Waals surface area contributed by atoms with E-state index >= 15 is 0 Å². The first-order valence-electron chi connectivity index (χ1n) is 22.9. The van der Waals surface area contributed by atoms with Gasteiger partial charge in [0.05, 0.1) is 13.2 Å². The molecule has 0 radical (unpaired) electrons. The van der Waals surface area contributed by atoms with E-state index < -0.39 is 0 Å². The summed E-state index contributed by atoms with van der Waals surface area (Å²) in [6.45, 7) is 12.2. The number of carbonyl (C=O) groups excluding carboxylic acids is 2. The molecular formula is C45H90N2O4. The summed E-state index contributed by atoms with van der Waals surface area (Å²) in [4.78, 5) is 29.8. The first-order chi connectivity index (χ1) is 25.1. The lowest BCUT2D eigenvalue weighted by Crippen LogP contribution is -2.32. The van der Waals surface area contributed by atoms with Crippen molar-refractivity contribution in [3.05, 3.63) is 0 Å². The van der Waals surface area contributed by atoms with Crippen LogP contribution in [0.3, 0.4) is 0 Å². The Morgan fingerprint density at radius 2 is 0.765 bits per heavy atom. The standard InChI is InChI=1S/C45H90N2O4/c1-4-7-10-13-16-17-18-19-20-26-34-43-51-45(50)36-29-27-31-38-46(41-42-48)37-30-23-21-22-28-35-44(49)47(39-32-24-14-11-8-5-2)40-33-25-15-12-9-6-3/h48H,4-43H2,1-3H3. The Bertz CT molecular complexity index is 702.